The van der Waals surface area contributed by atoms with E-state index in [4.69, 9.17) is 5.73 Å². The van der Waals surface area contributed by atoms with E-state index in [1.807, 2.05) is 19.0 Å². The molecule has 0 spiro atoms. The average molecular weight is 244 g/mol. The van der Waals surface area contributed by atoms with E-state index in [2.05, 4.69) is 24.1 Å². The largest absolute Gasteiger partial charge is 0.351 e. The summed E-state index contributed by atoms with van der Waals surface area (Å²) in [5.74, 6) is 0.121. The maximum atomic E-state index is 11.4. The molecule has 3 N–H and O–H groups in total. The fourth-order valence-corrected chi connectivity index (χ4v) is 1.47. The summed E-state index contributed by atoms with van der Waals surface area (Å²) in [6, 6.07) is -0.799. The Kier molecular flexibility index (Phi) is 7.49. The van der Waals surface area contributed by atoms with Gasteiger partial charge in [-0.1, -0.05) is 13.8 Å². The summed E-state index contributed by atoms with van der Waals surface area (Å²) in [7, 11) is 3.97. The van der Waals surface area contributed by atoms with E-state index in [0.717, 1.165) is 19.6 Å². The number of carbonyl (C=O) groups excluding carboxylic acids is 2. The van der Waals surface area contributed by atoms with Gasteiger partial charge in [-0.25, -0.2) is 4.79 Å². The molecular weight excluding hydrogens is 220 g/mol. The third kappa shape index (κ3) is 9.77. The smallest absolute Gasteiger partial charge is 0.318 e. The summed E-state index contributed by atoms with van der Waals surface area (Å²) < 4.78 is 0. The van der Waals surface area contributed by atoms with Gasteiger partial charge in [0.2, 0.25) is 5.91 Å². The van der Waals surface area contributed by atoms with Crippen molar-refractivity contribution in [3.8, 4) is 0 Å². The molecule has 0 radical (unpaired) electrons. The first-order chi connectivity index (χ1) is 7.81. The van der Waals surface area contributed by atoms with Gasteiger partial charge in [0, 0.05) is 19.6 Å². The molecule has 0 aliphatic rings. The van der Waals surface area contributed by atoms with Crippen molar-refractivity contribution in [3.05, 3.63) is 0 Å². The average Bonchev–Trinajstić information content (AvgIpc) is 2.11. The van der Waals surface area contributed by atoms with Crippen LogP contribution in [0.1, 0.15) is 13.8 Å². The van der Waals surface area contributed by atoms with Crippen LogP contribution in [0.5, 0.6) is 0 Å². The van der Waals surface area contributed by atoms with Crippen molar-refractivity contribution in [2.24, 2.45) is 11.7 Å². The second kappa shape index (κ2) is 8.03. The minimum Gasteiger partial charge on any atom is -0.351 e. The highest BCUT2D eigenvalue weighted by Gasteiger charge is 2.13. The molecule has 0 fully saturated rings. The zero-order valence-corrected chi connectivity index (χ0v) is 11.2. The number of hydrogen-bond donors (Lipinski definition) is 2. The van der Waals surface area contributed by atoms with Crippen molar-refractivity contribution in [1.82, 2.24) is 15.1 Å². The van der Waals surface area contributed by atoms with E-state index in [1.165, 1.54) is 0 Å². The van der Waals surface area contributed by atoms with Crippen LogP contribution in [0.25, 0.3) is 0 Å². The van der Waals surface area contributed by atoms with Gasteiger partial charge in [0.05, 0.1) is 6.54 Å². The quantitative estimate of drug-likeness (QED) is 0.644. The fraction of sp³-hybridized carbons (Fsp3) is 0.818. The molecule has 0 aromatic carbocycles. The van der Waals surface area contributed by atoms with Crippen molar-refractivity contribution in [3.63, 3.8) is 0 Å². The fourth-order valence-electron chi connectivity index (χ4n) is 1.47. The zero-order chi connectivity index (χ0) is 13.4. The van der Waals surface area contributed by atoms with Crippen molar-refractivity contribution < 1.29 is 9.59 Å². The predicted molar refractivity (Wildman–Crippen MR) is 67.6 cm³/mol. The summed E-state index contributed by atoms with van der Waals surface area (Å²) >= 11 is 0. The summed E-state index contributed by atoms with van der Waals surface area (Å²) in [5.41, 5.74) is 4.89. The Morgan fingerprint density at radius 2 is 1.82 bits per heavy atom. The molecule has 6 nitrogen and oxygen atoms in total. The van der Waals surface area contributed by atoms with Crippen LogP contribution in [-0.2, 0) is 4.79 Å². The minimum atomic E-state index is -0.799. The number of imide groups is 1. The number of carbonyl (C=O) groups is 2. The second-order valence-corrected chi connectivity index (χ2v) is 4.84. The normalized spacial score (nSPS) is 11.2. The molecule has 0 saturated carbocycles. The lowest BCUT2D eigenvalue weighted by Crippen LogP contribution is -2.44. The van der Waals surface area contributed by atoms with Gasteiger partial charge in [-0.05, 0) is 20.0 Å². The molecule has 0 bridgehead atoms. The summed E-state index contributed by atoms with van der Waals surface area (Å²) in [4.78, 5) is 26.0. The van der Waals surface area contributed by atoms with Gasteiger partial charge in [-0.3, -0.25) is 15.0 Å². The zero-order valence-electron chi connectivity index (χ0n) is 11.2. The van der Waals surface area contributed by atoms with E-state index >= 15 is 0 Å². The van der Waals surface area contributed by atoms with Crippen molar-refractivity contribution in [2.45, 2.75) is 13.8 Å². The minimum absolute atomic E-state index is 0.203. The lowest BCUT2D eigenvalue weighted by Gasteiger charge is -2.24. The van der Waals surface area contributed by atoms with E-state index < -0.39 is 6.03 Å². The van der Waals surface area contributed by atoms with Crippen LogP contribution in [0.4, 0.5) is 4.79 Å². The van der Waals surface area contributed by atoms with Crippen LogP contribution < -0.4 is 11.1 Å². The number of nitrogens with one attached hydrogen (secondary N) is 1. The molecule has 0 unspecified atom stereocenters. The molecular formula is C11H24N4O2. The standard InChI is InChI=1S/C11H24N4O2/c1-9(2)7-15(6-5-14(3)4)8-10(16)13-11(12)17/h9H,5-8H2,1-4H3,(H3,12,13,16,17). The van der Waals surface area contributed by atoms with Crippen molar-refractivity contribution >= 4 is 11.9 Å². The number of primary amides is 1. The molecule has 0 atom stereocenters. The number of amides is 3. The Hall–Kier alpha value is -1.14. The van der Waals surface area contributed by atoms with Crippen molar-refractivity contribution in [2.75, 3.05) is 40.3 Å². The highest BCUT2D eigenvalue weighted by atomic mass is 16.2. The lowest BCUT2D eigenvalue weighted by molar-refractivity contribution is -0.121. The first-order valence-corrected chi connectivity index (χ1v) is 5.77. The Bertz CT molecular complexity index is 254. The van der Waals surface area contributed by atoms with Gasteiger partial charge >= 0.3 is 6.03 Å². The Morgan fingerprint density at radius 3 is 2.24 bits per heavy atom. The Balaban J connectivity index is 4.17. The van der Waals surface area contributed by atoms with Gasteiger partial charge in [-0.2, -0.15) is 0 Å². The molecule has 100 valence electrons. The van der Waals surface area contributed by atoms with Crippen LogP contribution in [0.15, 0.2) is 0 Å². The number of nitrogens with two attached hydrogens (primary N) is 1. The molecule has 0 aromatic heterocycles. The molecule has 3 amide bonds. The predicted octanol–water partition coefficient (Wildman–Crippen LogP) is -0.299. The Morgan fingerprint density at radius 1 is 1.24 bits per heavy atom. The molecule has 17 heavy (non-hydrogen) atoms. The first-order valence-electron chi connectivity index (χ1n) is 5.77. The summed E-state index contributed by atoms with van der Waals surface area (Å²) in [6.07, 6.45) is 0. The van der Waals surface area contributed by atoms with Gasteiger partial charge in [0.1, 0.15) is 0 Å². The van der Waals surface area contributed by atoms with Gasteiger partial charge in [-0.15, -0.1) is 0 Å². The van der Waals surface area contributed by atoms with Gasteiger partial charge in [0.25, 0.3) is 0 Å². The van der Waals surface area contributed by atoms with E-state index in [0.29, 0.717) is 5.92 Å². The van der Waals surface area contributed by atoms with Gasteiger partial charge < -0.3 is 10.6 Å². The molecule has 0 aliphatic heterocycles. The van der Waals surface area contributed by atoms with E-state index in [1.54, 1.807) is 0 Å². The van der Waals surface area contributed by atoms with Crippen LogP contribution >= 0.6 is 0 Å². The molecule has 0 heterocycles. The second-order valence-electron chi connectivity index (χ2n) is 4.84. The highest BCUT2D eigenvalue weighted by Crippen LogP contribution is 1.98. The molecule has 0 saturated heterocycles. The number of nitrogens with zero attached hydrogens (tertiary/aromatic N) is 2. The van der Waals surface area contributed by atoms with E-state index in [-0.39, 0.29) is 12.5 Å². The molecule has 6 heteroatoms. The van der Waals surface area contributed by atoms with Crippen LogP contribution in [0.2, 0.25) is 0 Å². The summed E-state index contributed by atoms with van der Waals surface area (Å²) in [6.45, 7) is 6.87. The third-order valence-electron chi connectivity index (χ3n) is 2.12. The van der Waals surface area contributed by atoms with Crippen LogP contribution in [0, 0.1) is 5.92 Å². The monoisotopic (exact) mass is 244 g/mol. The van der Waals surface area contributed by atoms with Crippen LogP contribution in [0.3, 0.4) is 0 Å². The Labute approximate surface area is 103 Å². The SMILES string of the molecule is CC(C)CN(CCN(C)C)CC(=O)NC(N)=O. The van der Waals surface area contributed by atoms with E-state index in [9.17, 15) is 9.59 Å². The topological polar surface area (TPSA) is 78.7 Å². The van der Waals surface area contributed by atoms with Gasteiger partial charge in [0.15, 0.2) is 0 Å². The first kappa shape index (κ1) is 15.9. The summed E-state index contributed by atoms with van der Waals surface area (Å²) in [5, 5.41) is 2.08. The molecule has 0 aromatic rings. The number of likely N-dealkylation sites (N-methyl/N-ethyl adjacent to an activating group) is 1. The third-order valence-corrected chi connectivity index (χ3v) is 2.12. The van der Waals surface area contributed by atoms with Crippen molar-refractivity contribution in [1.29, 1.82) is 0 Å². The molecule has 0 aliphatic carbocycles. The number of urea groups is 1. The highest BCUT2D eigenvalue weighted by molar-refractivity contribution is 5.94. The number of rotatable bonds is 7. The maximum absolute atomic E-state index is 11.4. The maximum Gasteiger partial charge on any atom is 0.318 e. The van der Waals surface area contributed by atoms with Crippen LogP contribution in [-0.4, -0.2) is 62.0 Å². The number of hydrogen-bond acceptors (Lipinski definition) is 4. The molecule has 0 rings (SSSR count). The lowest BCUT2D eigenvalue weighted by atomic mass is 10.2.